The first kappa shape index (κ1) is 15.4. The predicted octanol–water partition coefficient (Wildman–Crippen LogP) is 3.36. The van der Waals surface area contributed by atoms with E-state index in [1.54, 1.807) is 6.07 Å². The Morgan fingerprint density at radius 2 is 1.86 bits per heavy atom. The molecule has 22 heavy (non-hydrogen) atoms. The van der Waals surface area contributed by atoms with Crippen LogP contribution in [0.2, 0.25) is 0 Å². The van der Waals surface area contributed by atoms with Crippen molar-refractivity contribution in [1.82, 2.24) is 5.32 Å². The van der Waals surface area contributed by atoms with Gasteiger partial charge in [-0.25, -0.2) is 8.78 Å². The van der Waals surface area contributed by atoms with Crippen LogP contribution in [0.3, 0.4) is 0 Å². The first-order chi connectivity index (χ1) is 10.6. The Morgan fingerprint density at radius 3 is 2.50 bits per heavy atom. The van der Waals surface area contributed by atoms with Gasteiger partial charge in [-0.15, -0.1) is 0 Å². The fraction of sp³-hybridized carbons (Fsp3) is 0.0588. The number of nitrogens with zero attached hydrogens (tertiary/aromatic N) is 1. The highest BCUT2D eigenvalue weighted by atomic mass is 19.1. The molecule has 0 aromatic heterocycles. The molecule has 2 aromatic carbocycles. The third kappa shape index (κ3) is 4.25. The van der Waals surface area contributed by atoms with Crippen molar-refractivity contribution in [3.8, 4) is 6.07 Å². The molecule has 0 saturated heterocycles. The van der Waals surface area contributed by atoms with Crippen LogP contribution in [0.1, 0.15) is 17.2 Å². The maximum Gasteiger partial charge on any atom is 0.245 e. The van der Waals surface area contributed by atoms with E-state index in [9.17, 15) is 13.6 Å². The smallest absolute Gasteiger partial charge is 0.245 e. The Hall–Kier alpha value is -3.00. The van der Waals surface area contributed by atoms with Crippen molar-refractivity contribution in [3.05, 3.63) is 77.4 Å². The summed E-state index contributed by atoms with van der Waals surface area (Å²) in [4.78, 5) is 11.8. The van der Waals surface area contributed by atoms with Crippen molar-refractivity contribution in [2.75, 3.05) is 0 Å². The van der Waals surface area contributed by atoms with E-state index in [1.165, 1.54) is 54.6 Å². The van der Waals surface area contributed by atoms with Gasteiger partial charge < -0.3 is 5.32 Å². The molecule has 0 heterocycles. The molecule has 0 bridgehead atoms. The van der Waals surface area contributed by atoms with E-state index in [2.05, 4.69) is 5.32 Å². The van der Waals surface area contributed by atoms with Crippen molar-refractivity contribution in [3.63, 3.8) is 0 Å². The predicted molar refractivity (Wildman–Crippen MR) is 78.3 cm³/mol. The molecule has 0 aliphatic carbocycles. The summed E-state index contributed by atoms with van der Waals surface area (Å²) in [5.74, 6) is -1.32. The van der Waals surface area contributed by atoms with Gasteiger partial charge in [0.05, 0.1) is 6.07 Å². The number of nitriles is 1. The summed E-state index contributed by atoms with van der Waals surface area (Å²) < 4.78 is 25.8. The van der Waals surface area contributed by atoms with Gasteiger partial charge in [0, 0.05) is 6.08 Å². The second-order valence-electron chi connectivity index (χ2n) is 4.51. The van der Waals surface area contributed by atoms with Crippen LogP contribution in [-0.4, -0.2) is 5.91 Å². The Morgan fingerprint density at radius 1 is 1.14 bits per heavy atom. The van der Waals surface area contributed by atoms with Crippen LogP contribution in [0.25, 0.3) is 6.08 Å². The van der Waals surface area contributed by atoms with Gasteiger partial charge in [-0.2, -0.15) is 5.26 Å². The second-order valence-corrected chi connectivity index (χ2v) is 4.51. The molecule has 0 aliphatic heterocycles. The van der Waals surface area contributed by atoms with Gasteiger partial charge in [-0.3, -0.25) is 4.79 Å². The largest absolute Gasteiger partial charge is 0.333 e. The minimum absolute atomic E-state index is 0.399. The molecule has 0 aliphatic rings. The average Bonchev–Trinajstić information content (AvgIpc) is 2.52. The van der Waals surface area contributed by atoms with Gasteiger partial charge in [0.25, 0.3) is 0 Å². The van der Waals surface area contributed by atoms with Gasteiger partial charge in [-0.1, -0.05) is 24.3 Å². The standard InChI is InChI=1S/C17H12F2N2O/c18-14-7-5-13(6-8-14)16(11-20)21-17(22)9-4-12-2-1-3-15(19)10-12/h1-10,16H,(H,21,22)/b9-4+/t16-/m0/s1. The number of rotatable bonds is 4. The van der Waals surface area contributed by atoms with Gasteiger partial charge in [0.1, 0.15) is 17.7 Å². The zero-order valence-electron chi connectivity index (χ0n) is 11.5. The second kappa shape index (κ2) is 7.14. The maximum absolute atomic E-state index is 13.0. The number of carbonyl (C=O) groups is 1. The molecule has 110 valence electrons. The minimum atomic E-state index is -0.884. The third-order valence-electron chi connectivity index (χ3n) is 2.89. The monoisotopic (exact) mass is 298 g/mol. The summed E-state index contributed by atoms with van der Waals surface area (Å²) in [6, 6.07) is 12.1. The van der Waals surface area contributed by atoms with Crippen LogP contribution in [0, 0.1) is 23.0 Å². The summed E-state index contributed by atoms with van der Waals surface area (Å²) in [7, 11) is 0. The molecule has 1 atom stereocenters. The molecule has 0 saturated carbocycles. The Labute approximate surface area is 126 Å². The van der Waals surface area contributed by atoms with Gasteiger partial charge in [-0.05, 0) is 41.5 Å². The summed E-state index contributed by atoms with van der Waals surface area (Å²) in [5.41, 5.74) is 1.02. The highest BCUT2D eigenvalue weighted by molar-refractivity contribution is 5.92. The minimum Gasteiger partial charge on any atom is -0.333 e. The molecule has 5 heteroatoms. The lowest BCUT2D eigenvalue weighted by molar-refractivity contribution is -0.116. The van der Waals surface area contributed by atoms with Crippen molar-refractivity contribution in [2.45, 2.75) is 6.04 Å². The van der Waals surface area contributed by atoms with Crippen LogP contribution < -0.4 is 5.32 Å². The van der Waals surface area contributed by atoms with E-state index in [0.717, 1.165) is 0 Å². The zero-order valence-corrected chi connectivity index (χ0v) is 11.5. The fourth-order valence-electron chi connectivity index (χ4n) is 1.82. The summed E-state index contributed by atoms with van der Waals surface area (Å²) in [6.45, 7) is 0. The molecule has 0 radical (unpaired) electrons. The molecular formula is C17H12F2N2O. The van der Waals surface area contributed by atoms with Crippen LogP contribution in [0.4, 0.5) is 8.78 Å². The molecule has 1 N–H and O–H groups in total. The SMILES string of the molecule is N#C[C@H](NC(=O)/C=C/c1cccc(F)c1)c1ccc(F)cc1. The normalized spacial score (nSPS) is 11.9. The lowest BCUT2D eigenvalue weighted by atomic mass is 10.1. The number of hydrogen-bond acceptors (Lipinski definition) is 2. The lowest BCUT2D eigenvalue weighted by Gasteiger charge is -2.10. The van der Waals surface area contributed by atoms with Gasteiger partial charge in [0.15, 0.2) is 0 Å². The van der Waals surface area contributed by atoms with Crippen molar-refractivity contribution in [2.24, 2.45) is 0 Å². The quantitative estimate of drug-likeness (QED) is 0.880. The maximum atomic E-state index is 13.0. The molecule has 2 aromatic rings. The highest BCUT2D eigenvalue weighted by Gasteiger charge is 2.12. The first-order valence-corrected chi connectivity index (χ1v) is 6.48. The Kier molecular flexibility index (Phi) is 4.99. The number of halogens is 2. The zero-order chi connectivity index (χ0) is 15.9. The molecule has 0 unspecified atom stereocenters. The van der Waals surface area contributed by atoms with E-state index >= 15 is 0 Å². The van der Waals surface area contributed by atoms with E-state index in [-0.39, 0.29) is 0 Å². The van der Waals surface area contributed by atoms with Crippen molar-refractivity contribution in [1.29, 1.82) is 5.26 Å². The molecule has 1 amide bonds. The van der Waals surface area contributed by atoms with Crippen LogP contribution in [-0.2, 0) is 4.79 Å². The van der Waals surface area contributed by atoms with Crippen molar-refractivity contribution < 1.29 is 13.6 Å². The van der Waals surface area contributed by atoms with E-state index in [4.69, 9.17) is 5.26 Å². The lowest BCUT2D eigenvalue weighted by Crippen LogP contribution is -2.25. The van der Waals surface area contributed by atoms with Gasteiger partial charge >= 0.3 is 0 Å². The molecule has 0 spiro atoms. The summed E-state index contributed by atoms with van der Waals surface area (Å²) >= 11 is 0. The Bertz CT molecular complexity index is 733. The number of carbonyl (C=O) groups excluding carboxylic acids is 1. The van der Waals surface area contributed by atoms with E-state index < -0.39 is 23.6 Å². The van der Waals surface area contributed by atoms with E-state index in [1.807, 2.05) is 6.07 Å². The summed E-state index contributed by atoms with van der Waals surface area (Å²) in [6.07, 6.45) is 2.65. The first-order valence-electron chi connectivity index (χ1n) is 6.48. The van der Waals surface area contributed by atoms with Gasteiger partial charge in [0.2, 0.25) is 5.91 Å². The average molecular weight is 298 g/mol. The van der Waals surface area contributed by atoms with Crippen LogP contribution >= 0.6 is 0 Å². The van der Waals surface area contributed by atoms with Crippen LogP contribution in [0.15, 0.2) is 54.6 Å². The topological polar surface area (TPSA) is 52.9 Å². The number of amides is 1. The van der Waals surface area contributed by atoms with Crippen LogP contribution in [0.5, 0.6) is 0 Å². The number of nitrogens with one attached hydrogen (secondary N) is 1. The molecule has 0 fully saturated rings. The highest BCUT2D eigenvalue weighted by Crippen LogP contribution is 2.13. The molecule has 2 rings (SSSR count). The molecular weight excluding hydrogens is 286 g/mol. The molecule has 3 nitrogen and oxygen atoms in total. The van der Waals surface area contributed by atoms with Crippen molar-refractivity contribution >= 4 is 12.0 Å². The Balaban J connectivity index is 2.04. The summed E-state index contributed by atoms with van der Waals surface area (Å²) in [5, 5.41) is 11.6. The van der Waals surface area contributed by atoms with E-state index in [0.29, 0.717) is 11.1 Å². The third-order valence-corrected chi connectivity index (χ3v) is 2.89. The fourth-order valence-corrected chi connectivity index (χ4v) is 1.82. The number of hydrogen-bond donors (Lipinski definition) is 1. The number of benzene rings is 2.